The fraction of sp³-hybridized carbons (Fsp3) is 0.483. The van der Waals surface area contributed by atoms with Crippen molar-refractivity contribution in [2.45, 2.75) is 275 Å². The summed E-state index contributed by atoms with van der Waals surface area (Å²) in [6.07, 6.45) is 0. The molecule has 27 nitrogen and oxygen atoms in total. The topological polar surface area (TPSA) is 335 Å². The van der Waals surface area contributed by atoms with Gasteiger partial charge in [-0.25, -0.2) is 0 Å². The molecule has 0 saturated carbocycles. The second-order valence-corrected chi connectivity index (χ2v) is 35.7. The van der Waals surface area contributed by atoms with Gasteiger partial charge >= 0.3 is 0 Å². The molecule has 0 aliphatic carbocycles. The first-order valence-electron chi connectivity index (χ1n) is 38.4. The van der Waals surface area contributed by atoms with Crippen molar-refractivity contribution < 1.29 is 57.5 Å². The molecular formula is C87H117N15O12. The van der Waals surface area contributed by atoms with Crippen LogP contribution in [-0.4, -0.2) is 148 Å². The Hall–Kier alpha value is -11.3. The van der Waals surface area contributed by atoms with Gasteiger partial charge in [-0.1, -0.05) is 91.0 Å². The average molecular weight is 1560 g/mol. The molecule has 114 heavy (non-hydrogen) atoms. The molecule has 612 valence electrons. The van der Waals surface area contributed by atoms with Gasteiger partial charge in [0, 0.05) is 114 Å². The van der Waals surface area contributed by atoms with Gasteiger partial charge in [-0.15, -0.1) is 0 Å². The van der Waals surface area contributed by atoms with Gasteiger partial charge in [-0.05, 0) is 194 Å². The van der Waals surface area contributed by atoms with E-state index in [1.54, 1.807) is 252 Å². The molecule has 27 heteroatoms. The Morgan fingerprint density at radius 1 is 0.237 bits per heavy atom. The predicted octanol–water partition coefficient (Wildman–Crippen LogP) is 10.2. The van der Waals surface area contributed by atoms with Crippen LogP contribution < -0.4 is 31.9 Å². The summed E-state index contributed by atoms with van der Waals surface area (Å²) in [4.78, 5) is 201. The molecule has 12 bridgehead atoms. The van der Waals surface area contributed by atoms with Crippen LogP contribution in [0.3, 0.4) is 0 Å². The maximum Gasteiger partial charge on any atom is 0.249 e. The Balaban J connectivity index is 1.55. The standard InChI is InChI=1S/C87H117N15O12/c1-52(103)97-46-58-31-25-32-59(43-58)47-98(53(2)104)72(78(111)93-84(13,14)15)66-39-29-40-67(89-66)73(79(112)94-85(16,17)18)101(56(5)107)50-62-35-27-36-63(45-62)51-102(57(6)108)75(81(114)96-87(22,23)24)69-42-30-41-68(90-69)74(80(113)95-86(19,20)21)100(55(4)106)49-61-34-26-33-60(44-61)48-99(54(3)105)71(77(110)92-83(10,11)12)65-38-28-37-64(88-65)70(97)76(109)91-82(7,8)9/h25-45,70-75H,46-51H2,1-24H3,(H,91,109)(H,92,110)(H,93,111)(H,94,112)(H,95,113)(H,96,114). The van der Waals surface area contributed by atoms with E-state index < -0.39 is 140 Å². The van der Waals surface area contributed by atoms with Crippen molar-refractivity contribution in [2.75, 3.05) is 0 Å². The van der Waals surface area contributed by atoms with Gasteiger partial charge in [-0.2, -0.15) is 0 Å². The number of nitrogens with zero attached hydrogens (tertiary/aromatic N) is 9. The molecule has 3 aromatic carbocycles. The molecule has 7 rings (SSSR count). The van der Waals surface area contributed by atoms with Gasteiger partial charge in [0.2, 0.25) is 70.9 Å². The Morgan fingerprint density at radius 3 is 0.474 bits per heavy atom. The van der Waals surface area contributed by atoms with Crippen LogP contribution in [0.25, 0.3) is 0 Å². The van der Waals surface area contributed by atoms with Crippen LogP contribution in [0.4, 0.5) is 0 Å². The average Bonchev–Trinajstić information content (AvgIpc) is 0.789. The summed E-state index contributed by atoms with van der Waals surface area (Å²) in [7, 11) is 0. The second kappa shape index (κ2) is 36.3. The summed E-state index contributed by atoms with van der Waals surface area (Å²) in [5, 5.41) is 18.2. The quantitative estimate of drug-likeness (QED) is 0.0903. The Labute approximate surface area is 671 Å². The van der Waals surface area contributed by atoms with Crippen LogP contribution in [0.1, 0.15) is 270 Å². The van der Waals surface area contributed by atoms with Crippen LogP contribution in [-0.2, 0) is 96.8 Å². The largest absolute Gasteiger partial charge is 0.349 e. The van der Waals surface area contributed by atoms with Gasteiger partial charge < -0.3 is 61.3 Å². The fourth-order valence-corrected chi connectivity index (χ4v) is 13.5. The Bertz CT molecular complexity index is 3880. The van der Waals surface area contributed by atoms with Crippen LogP contribution in [0, 0.1) is 0 Å². The highest BCUT2D eigenvalue weighted by atomic mass is 16.2. The number of carbonyl (C=O) groups excluding carboxylic acids is 12. The molecule has 0 saturated heterocycles. The first kappa shape index (κ1) is 89.9. The van der Waals surface area contributed by atoms with E-state index in [9.17, 15) is 28.8 Å². The van der Waals surface area contributed by atoms with E-state index in [4.69, 9.17) is 15.0 Å². The molecule has 0 radical (unpaired) electrons. The number of nitrogens with one attached hydrogen (secondary N) is 6. The number of pyridine rings is 3. The van der Waals surface area contributed by atoms with Crippen molar-refractivity contribution in [3.63, 3.8) is 0 Å². The SMILES string of the molecule is CC(=O)N1Cc2cccc(c2)CN(C(C)=O)C(C(=O)NC(C)(C)C)c2cccc(n2)C(C(=O)NC(C)(C)C)N(C(C)=O)Cc2cccc(c2)CN(C(C)=O)C(C(=O)NC(C)(C)C)c2cccc(n2)C(C(=O)NC(C)(C)C)N(C(C)=O)Cc2cccc(c2)CN(C(C)=O)C(C(=O)NC(C)(C)C)c2cccc(n2)C1C(=O)NC(C)(C)C. The second-order valence-electron chi connectivity index (χ2n) is 35.7. The summed E-state index contributed by atoms with van der Waals surface area (Å²) in [6, 6.07) is 25.8. The number of carbonyl (C=O) groups is 12. The highest BCUT2D eigenvalue weighted by Gasteiger charge is 2.42. The third-order valence-corrected chi connectivity index (χ3v) is 17.9. The summed E-state index contributed by atoms with van der Waals surface area (Å²) >= 11 is 0. The lowest BCUT2D eigenvalue weighted by atomic mass is 10.0. The van der Waals surface area contributed by atoms with Crippen molar-refractivity contribution in [1.29, 1.82) is 0 Å². The molecule has 0 fully saturated rings. The minimum absolute atomic E-state index is 0.0288. The fourth-order valence-electron chi connectivity index (χ4n) is 13.5. The predicted molar refractivity (Wildman–Crippen MR) is 433 cm³/mol. The zero-order valence-electron chi connectivity index (χ0n) is 70.8. The first-order valence-corrected chi connectivity index (χ1v) is 38.4. The monoisotopic (exact) mass is 1560 g/mol. The van der Waals surface area contributed by atoms with E-state index >= 15 is 28.8 Å². The van der Waals surface area contributed by atoms with Gasteiger partial charge in [0.1, 0.15) is 0 Å². The zero-order chi connectivity index (χ0) is 85.2. The van der Waals surface area contributed by atoms with Gasteiger partial charge in [0.05, 0.1) is 34.2 Å². The molecule has 1 aliphatic rings. The van der Waals surface area contributed by atoms with Gasteiger partial charge in [0.25, 0.3) is 0 Å². The number of amides is 12. The lowest BCUT2D eigenvalue weighted by molar-refractivity contribution is -0.141. The van der Waals surface area contributed by atoms with Crippen molar-refractivity contribution in [3.05, 3.63) is 195 Å². The van der Waals surface area contributed by atoms with E-state index in [1.165, 1.54) is 70.9 Å². The number of rotatable bonds is 6. The van der Waals surface area contributed by atoms with Gasteiger partial charge in [0.15, 0.2) is 36.3 Å². The molecular weight excluding hydrogens is 1450 g/mol. The molecule has 12 amide bonds. The number of hydrogen-bond donors (Lipinski definition) is 6. The summed E-state index contributed by atoms with van der Waals surface area (Å²) in [5.41, 5.74) is -2.14. The summed E-state index contributed by atoms with van der Waals surface area (Å²) in [6.45, 7) is 38.4. The molecule has 4 heterocycles. The minimum Gasteiger partial charge on any atom is -0.349 e. The van der Waals surface area contributed by atoms with Crippen molar-refractivity contribution >= 4 is 70.9 Å². The summed E-state index contributed by atoms with van der Waals surface area (Å²) in [5.74, 6) is -7.19. The molecule has 1 aliphatic heterocycles. The van der Waals surface area contributed by atoms with E-state index in [-0.39, 0.29) is 73.4 Å². The Morgan fingerprint density at radius 2 is 0.360 bits per heavy atom. The lowest BCUT2D eigenvalue weighted by Crippen LogP contribution is -2.50. The highest BCUT2D eigenvalue weighted by molar-refractivity contribution is 5.93. The maximum absolute atomic E-state index is 15.2. The zero-order valence-corrected chi connectivity index (χ0v) is 70.8. The lowest BCUT2D eigenvalue weighted by Gasteiger charge is -2.35. The number of hydrogen-bond acceptors (Lipinski definition) is 15. The Kier molecular flexibility index (Phi) is 28.6. The first-order chi connectivity index (χ1) is 52.7. The van der Waals surface area contributed by atoms with Crippen molar-refractivity contribution in [2.24, 2.45) is 0 Å². The van der Waals surface area contributed by atoms with Crippen LogP contribution in [0.5, 0.6) is 0 Å². The molecule has 6 N–H and O–H groups in total. The third-order valence-electron chi connectivity index (χ3n) is 17.9. The minimum atomic E-state index is -1.49. The molecule has 6 aromatic rings. The van der Waals surface area contributed by atoms with E-state index in [0.717, 1.165) is 0 Å². The third kappa shape index (κ3) is 25.4. The smallest absolute Gasteiger partial charge is 0.249 e. The van der Waals surface area contributed by atoms with Crippen LogP contribution in [0.2, 0.25) is 0 Å². The maximum atomic E-state index is 15.2. The van der Waals surface area contributed by atoms with Gasteiger partial charge in [-0.3, -0.25) is 72.5 Å². The van der Waals surface area contributed by atoms with E-state index in [2.05, 4.69) is 31.9 Å². The van der Waals surface area contributed by atoms with E-state index in [0.29, 0.717) is 33.4 Å². The highest BCUT2D eigenvalue weighted by Crippen LogP contribution is 2.35. The van der Waals surface area contributed by atoms with Crippen molar-refractivity contribution in [3.8, 4) is 0 Å². The van der Waals surface area contributed by atoms with Crippen LogP contribution in [0.15, 0.2) is 127 Å². The number of aromatic nitrogens is 3. The molecule has 6 atom stereocenters. The number of fused-ring (bicyclic) bond motifs is 12. The normalized spacial score (nSPS) is 18.1. The van der Waals surface area contributed by atoms with Crippen molar-refractivity contribution in [1.82, 2.24) is 76.3 Å². The van der Waals surface area contributed by atoms with Crippen LogP contribution >= 0.6 is 0 Å². The van der Waals surface area contributed by atoms with E-state index in [1.807, 2.05) is 0 Å². The molecule has 3 aromatic heterocycles. The molecule has 0 spiro atoms. The summed E-state index contributed by atoms with van der Waals surface area (Å²) < 4.78 is 0. The number of benzene rings is 3. The molecule has 6 unspecified atom stereocenters.